The predicted octanol–water partition coefficient (Wildman–Crippen LogP) is 4.04. The number of halogens is 2. The molecule has 0 unspecified atom stereocenters. The summed E-state index contributed by atoms with van der Waals surface area (Å²) in [5, 5.41) is 0.754. The Morgan fingerprint density at radius 3 is 2.61 bits per heavy atom. The number of hydrogen-bond acceptors (Lipinski definition) is 4. The highest BCUT2D eigenvalue weighted by molar-refractivity contribution is 6.53. The van der Waals surface area contributed by atoms with E-state index in [2.05, 4.69) is 0 Å². The molecule has 2 aromatic rings. The zero-order valence-electron chi connectivity index (χ0n) is 13.0. The van der Waals surface area contributed by atoms with E-state index in [0.29, 0.717) is 17.6 Å². The van der Waals surface area contributed by atoms with E-state index in [0.717, 1.165) is 16.5 Å². The lowest BCUT2D eigenvalue weighted by Crippen LogP contribution is -2.21. The number of benzene rings is 1. The predicted molar refractivity (Wildman–Crippen MR) is 88.9 cm³/mol. The molecular formula is C17H16Cl2O4. The second-order valence-corrected chi connectivity index (χ2v) is 7.75. The third kappa shape index (κ3) is 2.64. The number of aryl methyl sites for hydroxylation is 2. The van der Waals surface area contributed by atoms with Crippen molar-refractivity contribution in [3.63, 3.8) is 0 Å². The highest BCUT2D eigenvalue weighted by atomic mass is 35.5. The van der Waals surface area contributed by atoms with Crippen molar-refractivity contribution in [1.29, 1.82) is 0 Å². The van der Waals surface area contributed by atoms with Gasteiger partial charge in [0.15, 0.2) is 0 Å². The summed E-state index contributed by atoms with van der Waals surface area (Å²) < 4.78 is 9.56. The first kappa shape index (κ1) is 16.3. The number of hydrogen-bond donors (Lipinski definition) is 0. The highest BCUT2D eigenvalue weighted by Crippen LogP contribution is 2.64. The van der Waals surface area contributed by atoms with Crippen LogP contribution in [0.15, 0.2) is 27.4 Å². The van der Waals surface area contributed by atoms with Crippen LogP contribution in [0.2, 0.25) is 0 Å². The summed E-state index contributed by atoms with van der Waals surface area (Å²) in [6, 6.07) is 5.14. The zero-order chi connectivity index (χ0) is 17.0. The Labute approximate surface area is 143 Å². The monoisotopic (exact) mass is 354 g/mol. The van der Waals surface area contributed by atoms with E-state index in [1.54, 1.807) is 6.92 Å². The molecule has 0 bridgehead atoms. The van der Waals surface area contributed by atoms with Crippen molar-refractivity contribution in [2.45, 2.75) is 38.1 Å². The van der Waals surface area contributed by atoms with E-state index in [-0.39, 0.29) is 6.61 Å². The van der Waals surface area contributed by atoms with Gasteiger partial charge in [-0.25, -0.2) is 4.79 Å². The first-order valence-electron chi connectivity index (χ1n) is 7.24. The summed E-state index contributed by atoms with van der Waals surface area (Å²) >= 11 is 12.0. The fraction of sp³-hybridized carbons (Fsp3) is 0.412. The summed E-state index contributed by atoms with van der Waals surface area (Å²) in [7, 11) is 0. The normalized spacial score (nSPS) is 22.1. The van der Waals surface area contributed by atoms with Gasteiger partial charge in [0, 0.05) is 23.4 Å². The Hall–Kier alpha value is -1.52. The van der Waals surface area contributed by atoms with Crippen LogP contribution in [0, 0.1) is 19.3 Å². The summed E-state index contributed by atoms with van der Waals surface area (Å²) in [6.07, 6.45) is 0.359. The molecule has 0 amide bonds. The average molecular weight is 355 g/mol. The van der Waals surface area contributed by atoms with Crippen molar-refractivity contribution in [3.8, 4) is 0 Å². The van der Waals surface area contributed by atoms with Crippen LogP contribution in [0.3, 0.4) is 0 Å². The lowest BCUT2D eigenvalue weighted by Gasteiger charge is -2.13. The molecule has 1 aromatic carbocycles. The van der Waals surface area contributed by atoms with Gasteiger partial charge in [-0.15, -0.1) is 23.2 Å². The molecule has 0 spiro atoms. The van der Waals surface area contributed by atoms with Crippen LogP contribution in [0.5, 0.6) is 0 Å². The molecule has 1 aromatic heterocycles. The van der Waals surface area contributed by atoms with Crippen LogP contribution in [0.4, 0.5) is 0 Å². The van der Waals surface area contributed by atoms with E-state index in [4.69, 9.17) is 32.4 Å². The van der Waals surface area contributed by atoms with Crippen LogP contribution in [-0.2, 0) is 16.1 Å². The molecule has 1 aliphatic rings. The lowest BCUT2D eigenvalue weighted by atomic mass is 10.0. The third-order valence-corrected chi connectivity index (χ3v) is 5.69. The standard InChI is InChI=1S/C17H16Cl2O4/c1-9-4-5-12-11(6-13(20)23-14(12)10(9)2)7-22-15(21)16(3)8-17(16,18)19/h4-6H,7-8H2,1-3H3/t16-/m0/s1. The zero-order valence-corrected chi connectivity index (χ0v) is 14.5. The fourth-order valence-corrected chi connectivity index (χ4v) is 3.26. The van der Waals surface area contributed by atoms with E-state index < -0.39 is 21.3 Å². The van der Waals surface area contributed by atoms with Crippen LogP contribution >= 0.6 is 23.2 Å². The largest absolute Gasteiger partial charge is 0.460 e. The van der Waals surface area contributed by atoms with Gasteiger partial charge in [-0.3, -0.25) is 4.79 Å². The maximum absolute atomic E-state index is 12.2. The van der Waals surface area contributed by atoms with E-state index >= 15 is 0 Å². The summed E-state index contributed by atoms with van der Waals surface area (Å²) in [5.74, 6) is -0.465. The second kappa shape index (κ2) is 5.25. The van der Waals surface area contributed by atoms with E-state index in [1.807, 2.05) is 26.0 Å². The molecule has 0 aliphatic heterocycles. The number of ether oxygens (including phenoxy) is 1. The molecule has 0 saturated heterocycles. The number of fused-ring (bicyclic) bond motifs is 1. The van der Waals surface area contributed by atoms with Crippen LogP contribution in [0.25, 0.3) is 11.0 Å². The Balaban J connectivity index is 1.91. The third-order valence-electron chi connectivity index (χ3n) is 4.58. The SMILES string of the molecule is Cc1ccc2c(COC(=O)[C@]3(C)CC3(Cl)Cl)cc(=O)oc2c1C. The number of esters is 1. The minimum atomic E-state index is -1.07. The van der Waals surface area contributed by atoms with Crippen LogP contribution < -0.4 is 5.63 Å². The molecule has 0 N–H and O–H groups in total. The first-order valence-corrected chi connectivity index (χ1v) is 7.99. The Bertz CT molecular complexity index is 869. The van der Waals surface area contributed by atoms with Gasteiger partial charge >= 0.3 is 11.6 Å². The first-order chi connectivity index (χ1) is 10.7. The quantitative estimate of drug-likeness (QED) is 0.474. The molecule has 1 heterocycles. The molecule has 6 heteroatoms. The maximum atomic E-state index is 12.2. The van der Waals surface area contributed by atoms with Gasteiger partial charge in [-0.2, -0.15) is 0 Å². The molecule has 23 heavy (non-hydrogen) atoms. The number of carbonyl (C=O) groups is 1. The van der Waals surface area contributed by atoms with Crippen LogP contribution in [-0.4, -0.2) is 10.3 Å². The van der Waals surface area contributed by atoms with Gasteiger partial charge in [0.2, 0.25) is 0 Å². The lowest BCUT2D eigenvalue weighted by molar-refractivity contribution is -0.150. The van der Waals surface area contributed by atoms with Gasteiger partial charge in [-0.05, 0) is 31.9 Å². The van der Waals surface area contributed by atoms with Crippen molar-refractivity contribution in [3.05, 3.63) is 45.3 Å². The van der Waals surface area contributed by atoms with E-state index in [9.17, 15) is 9.59 Å². The Kier molecular flexibility index (Phi) is 3.73. The fourth-order valence-electron chi connectivity index (χ4n) is 2.57. The van der Waals surface area contributed by atoms with Crippen molar-refractivity contribution in [2.24, 2.45) is 5.41 Å². The molecular weight excluding hydrogens is 339 g/mol. The minimum Gasteiger partial charge on any atom is -0.460 e. The van der Waals surface area contributed by atoms with E-state index in [1.165, 1.54) is 6.07 Å². The Morgan fingerprint density at radius 1 is 1.35 bits per heavy atom. The van der Waals surface area contributed by atoms with Gasteiger partial charge in [0.25, 0.3) is 0 Å². The van der Waals surface area contributed by atoms with Gasteiger partial charge < -0.3 is 9.15 Å². The van der Waals surface area contributed by atoms with Gasteiger partial charge in [0.05, 0.1) is 0 Å². The highest BCUT2D eigenvalue weighted by Gasteiger charge is 2.69. The molecule has 4 nitrogen and oxygen atoms in total. The van der Waals surface area contributed by atoms with Crippen molar-refractivity contribution in [1.82, 2.24) is 0 Å². The molecule has 1 aliphatic carbocycles. The molecule has 1 fully saturated rings. The van der Waals surface area contributed by atoms with Crippen molar-refractivity contribution >= 4 is 40.1 Å². The number of rotatable bonds is 3. The molecule has 3 rings (SSSR count). The second-order valence-electron chi connectivity index (χ2n) is 6.26. The Morgan fingerprint density at radius 2 is 2.00 bits per heavy atom. The smallest absolute Gasteiger partial charge is 0.336 e. The van der Waals surface area contributed by atoms with Gasteiger partial charge in [-0.1, -0.05) is 12.1 Å². The van der Waals surface area contributed by atoms with Crippen molar-refractivity contribution in [2.75, 3.05) is 0 Å². The molecule has 122 valence electrons. The summed E-state index contributed by atoms with van der Waals surface area (Å²) in [5.41, 5.74) is 1.67. The average Bonchev–Trinajstić information content (AvgIpc) is 3.00. The minimum absolute atomic E-state index is 0.0249. The number of alkyl halides is 2. The molecule has 0 radical (unpaired) electrons. The van der Waals surface area contributed by atoms with Crippen LogP contribution in [0.1, 0.15) is 30.0 Å². The molecule has 1 saturated carbocycles. The summed E-state index contributed by atoms with van der Waals surface area (Å²) in [4.78, 5) is 23.9. The maximum Gasteiger partial charge on any atom is 0.336 e. The number of carbonyl (C=O) groups excluding carboxylic acids is 1. The van der Waals surface area contributed by atoms with Gasteiger partial charge in [0.1, 0.15) is 21.9 Å². The summed E-state index contributed by atoms with van der Waals surface area (Å²) in [6.45, 7) is 5.47. The topological polar surface area (TPSA) is 56.5 Å². The molecule has 1 atom stereocenters. The van der Waals surface area contributed by atoms with Crippen molar-refractivity contribution < 1.29 is 13.9 Å².